The molecule has 0 bridgehead atoms. The molecule has 0 aliphatic carbocycles. The second kappa shape index (κ2) is 25.0. The first kappa shape index (κ1) is 41.3. The zero-order chi connectivity index (χ0) is 37.2. The number of amides is 2. The van der Waals surface area contributed by atoms with Crippen molar-refractivity contribution in [1.82, 2.24) is 35.9 Å². The molecule has 0 aliphatic rings. The maximum Gasteiger partial charge on any atom is 0.251 e. The Morgan fingerprint density at radius 2 is 1.58 bits per heavy atom. The van der Waals surface area contributed by atoms with Crippen LogP contribution in [-0.4, -0.2) is 123 Å². The first-order chi connectivity index (χ1) is 25.4. The molecule has 2 aromatic heterocycles. The van der Waals surface area contributed by atoms with Crippen LogP contribution in [0.3, 0.4) is 0 Å². The lowest BCUT2D eigenvalue weighted by atomic mass is 10.2. The fraction of sp³-hybridized carbons (Fsp3) is 0.515. The maximum atomic E-state index is 12.5. The summed E-state index contributed by atoms with van der Waals surface area (Å²) in [6.07, 6.45) is 3.93. The van der Waals surface area contributed by atoms with E-state index in [1.807, 2.05) is 6.92 Å². The smallest absolute Gasteiger partial charge is 0.251 e. The Hall–Kier alpha value is -5.08. The number of carbonyl (C=O) groups is 2. The minimum atomic E-state index is -0.337. The van der Waals surface area contributed by atoms with E-state index in [0.717, 1.165) is 5.69 Å². The van der Waals surface area contributed by atoms with Gasteiger partial charge < -0.3 is 55.8 Å². The lowest BCUT2D eigenvalue weighted by Crippen LogP contribution is -2.29. The van der Waals surface area contributed by atoms with Crippen molar-refractivity contribution >= 4 is 34.6 Å². The van der Waals surface area contributed by atoms with Crippen LogP contribution in [0.2, 0.25) is 0 Å². The molecule has 3 aromatic rings. The van der Waals surface area contributed by atoms with Crippen LogP contribution >= 0.6 is 0 Å². The summed E-state index contributed by atoms with van der Waals surface area (Å²) in [6.45, 7) is 7.84. The molecule has 0 atom stereocenters. The molecule has 0 saturated carbocycles. The van der Waals surface area contributed by atoms with Crippen molar-refractivity contribution in [3.63, 3.8) is 0 Å². The van der Waals surface area contributed by atoms with Gasteiger partial charge in [0.05, 0.1) is 77.9 Å². The summed E-state index contributed by atoms with van der Waals surface area (Å²) in [5.74, 6) is -0.786. The number of nitrogens with two attached hydrogens (primary N) is 1. The third-order valence-electron chi connectivity index (χ3n) is 6.88. The van der Waals surface area contributed by atoms with Gasteiger partial charge in [-0.3, -0.25) is 9.59 Å². The number of benzene rings is 1. The average Bonchev–Trinajstić information content (AvgIpc) is 3.15. The summed E-state index contributed by atoms with van der Waals surface area (Å²) < 4.78 is 27.1. The van der Waals surface area contributed by atoms with E-state index in [0.29, 0.717) is 109 Å². The van der Waals surface area contributed by atoms with Crippen molar-refractivity contribution in [1.29, 1.82) is 5.53 Å². The number of hydrogen-bond acceptors (Lipinski definition) is 17. The summed E-state index contributed by atoms with van der Waals surface area (Å²) in [6, 6.07) is 6.91. The monoisotopic (exact) mass is 727 g/mol. The minimum absolute atomic E-state index is 0.0870. The van der Waals surface area contributed by atoms with E-state index in [4.69, 9.17) is 34.9 Å². The Labute approximate surface area is 301 Å². The van der Waals surface area contributed by atoms with E-state index in [9.17, 15) is 14.7 Å². The summed E-state index contributed by atoms with van der Waals surface area (Å²) in [4.78, 5) is 40.7. The van der Waals surface area contributed by atoms with Gasteiger partial charge in [0.15, 0.2) is 11.2 Å². The molecule has 0 spiro atoms. The predicted molar refractivity (Wildman–Crippen MR) is 191 cm³/mol. The zero-order valence-corrected chi connectivity index (χ0v) is 29.4. The Bertz CT molecular complexity index is 1550. The van der Waals surface area contributed by atoms with Gasteiger partial charge in [0, 0.05) is 50.1 Å². The first-order valence-electron chi connectivity index (χ1n) is 16.9. The number of aromatic nitrogens is 4. The lowest BCUT2D eigenvalue weighted by Gasteiger charge is -2.09. The number of rotatable bonds is 28. The van der Waals surface area contributed by atoms with Crippen LogP contribution in [0.1, 0.15) is 35.8 Å². The Balaban J connectivity index is 1.12. The number of nitrogens with zero attached hydrogens (tertiary/aromatic N) is 5. The van der Waals surface area contributed by atoms with Crippen LogP contribution in [0.25, 0.3) is 11.2 Å². The minimum Gasteiger partial charge on any atom is -0.492 e. The largest absolute Gasteiger partial charge is 0.492 e. The van der Waals surface area contributed by atoms with Crippen LogP contribution in [0.15, 0.2) is 47.5 Å². The first-order valence-corrected chi connectivity index (χ1v) is 16.9. The van der Waals surface area contributed by atoms with E-state index in [1.54, 1.807) is 30.5 Å². The molecule has 19 nitrogen and oxygen atoms in total. The number of hydrogen-bond donors (Lipinski definition) is 7. The molecule has 52 heavy (non-hydrogen) atoms. The van der Waals surface area contributed by atoms with Crippen molar-refractivity contribution in [2.75, 3.05) is 96.8 Å². The zero-order valence-electron chi connectivity index (χ0n) is 29.4. The van der Waals surface area contributed by atoms with Gasteiger partial charge in [-0.05, 0) is 37.6 Å². The highest BCUT2D eigenvalue weighted by molar-refractivity contribution is 5.94. The van der Waals surface area contributed by atoms with Crippen LogP contribution in [-0.2, 0) is 35.0 Å². The molecule has 19 heteroatoms. The highest BCUT2D eigenvalue weighted by Gasteiger charge is 2.10. The van der Waals surface area contributed by atoms with Gasteiger partial charge in [-0.15, -0.1) is 0 Å². The number of fused-ring (bicyclic) bond motifs is 1. The van der Waals surface area contributed by atoms with Gasteiger partial charge in [-0.1, -0.05) is 0 Å². The summed E-state index contributed by atoms with van der Waals surface area (Å²) >= 11 is 0. The molecule has 0 aliphatic heterocycles. The van der Waals surface area contributed by atoms with Crippen molar-refractivity contribution < 1.29 is 38.4 Å². The van der Waals surface area contributed by atoms with Gasteiger partial charge in [0.25, 0.3) is 5.91 Å². The van der Waals surface area contributed by atoms with Crippen LogP contribution in [0.4, 0.5) is 11.6 Å². The maximum absolute atomic E-state index is 12.5. The lowest BCUT2D eigenvalue weighted by molar-refractivity contribution is -0.121. The molecule has 3 rings (SSSR count). The number of nitrogen functional groups attached to an aromatic ring is 1. The molecule has 284 valence electrons. The standard InChI is InChI=1S/C33H49N11O8/c1-2-48-12-10-36-20-27(44-35)23-52-19-18-51-17-16-50-15-14-49-13-11-37-28(45)4-3-9-38-31(46)24-5-7-25(8-6-24)39-21-26-22-40-30-29(41-26)32(47)43-33(34)42-30/h5-8,20,22,35-36,39H,2-4,9-19,21,23H2,1H3,(H,37,45)(H,38,46)(H3,34,40,42,43,47)/b27-20-,44-35?. The molecular weight excluding hydrogens is 678 g/mol. The van der Waals surface area contributed by atoms with Gasteiger partial charge in [-0.25, -0.2) is 15.5 Å². The quantitative estimate of drug-likeness (QED) is 0.0413. The van der Waals surface area contributed by atoms with Crippen molar-refractivity contribution in [2.24, 2.45) is 5.11 Å². The number of ether oxygens (including phenoxy) is 5. The van der Waals surface area contributed by atoms with Crippen molar-refractivity contribution in [3.05, 3.63) is 53.6 Å². The van der Waals surface area contributed by atoms with Gasteiger partial charge >= 0.3 is 0 Å². The molecular formula is C33H49N11O8. The van der Waals surface area contributed by atoms with E-state index >= 15 is 0 Å². The molecule has 1 aromatic carbocycles. The van der Waals surface area contributed by atoms with E-state index in [-0.39, 0.29) is 47.8 Å². The van der Waals surface area contributed by atoms with Gasteiger partial charge in [0.2, 0.25) is 17.7 Å². The third kappa shape index (κ3) is 16.8. The van der Waals surface area contributed by atoms with E-state index in [2.05, 4.69) is 46.3 Å². The number of anilines is 2. The molecule has 0 unspecified atom stereocenters. The van der Waals surface area contributed by atoms with Gasteiger partial charge in [-0.2, -0.15) is 15.1 Å². The summed E-state index contributed by atoms with van der Waals surface area (Å²) in [5, 5.41) is 25.2. The van der Waals surface area contributed by atoms with Gasteiger partial charge in [0.1, 0.15) is 5.70 Å². The number of nitrogens with one attached hydrogen (secondary N) is 5. The Morgan fingerprint density at radius 1 is 0.885 bits per heavy atom. The third-order valence-corrected chi connectivity index (χ3v) is 6.88. The number of aromatic hydroxyl groups is 1. The fourth-order valence-electron chi connectivity index (χ4n) is 4.28. The fourth-order valence-corrected chi connectivity index (χ4v) is 4.28. The Kier molecular flexibility index (Phi) is 19.8. The molecule has 0 fully saturated rings. The summed E-state index contributed by atoms with van der Waals surface area (Å²) in [7, 11) is 0. The molecule has 2 amide bonds. The number of carbonyl (C=O) groups excluding carboxylic acids is 2. The highest BCUT2D eigenvalue weighted by atomic mass is 16.6. The normalized spacial score (nSPS) is 11.4. The summed E-state index contributed by atoms with van der Waals surface area (Å²) in [5.41, 5.74) is 15.3. The molecule has 0 saturated heterocycles. The molecule has 0 radical (unpaired) electrons. The van der Waals surface area contributed by atoms with Crippen LogP contribution < -0.4 is 27.0 Å². The topological polar surface area (TPSA) is 262 Å². The average molecular weight is 728 g/mol. The van der Waals surface area contributed by atoms with Crippen LogP contribution in [0.5, 0.6) is 5.88 Å². The Morgan fingerprint density at radius 3 is 2.29 bits per heavy atom. The van der Waals surface area contributed by atoms with Crippen LogP contribution in [0, 0.1) is 5.53 Å². The second-order valence-corrected chi connectivity index (χ2v) is 10.9. The molecule has 8 N–H and O–H groups in total. The predicted octanol–water partition coefficient (Wildman–Crippen LogP) is 1.51. The SMILES string of the molecule is CCOCCN/C=C(/COCCOCCOCCOCCNC(=O)CCCNC(=O)c1ccc(NCc2cnc3nc(N)nc(O)c3n2)cc1)N=N. The second-order valence-electron chi connectivity index (χ2n) is 10.9. The highest BCUT2D eigenvalue weighted by Crippen LogP contribution is 2.19. The molecule has 2 heterocycles. The van der Waals surface area contributed by atoms with Crippen molar-refractivity contribution in [3.8, 4) is 5.88 Å². The van der Waals surface area contributed by atoms with E-state index < -0.39 is 0 Å². The van der Waals surface area contributed by atoms with E-state index in [1.165, 1.54) is 6.20 Å². The van der Waals surface area contributed by atoms with Crippen molar-refractivity contribution in [2.45, 2.75) is 26.3 Å².